The SMILES string of the molecule is COC(=O)[C@H](CCSC)NC(=O)[C@H](C)NC(=O)C1C=CC=C1. The molecule has 0 fully saturated rings. The van der Waals surface area contributed by atoms with E-state index in [4.69, 9.17) is 0 Å². The number of amides is 2. The number of thioether (sulfide) groups is 1. The summed E-state index contributed by atoms with van der Waals surface area (Å²) in [6.45, 7) is 1.58. The van der Waals surface area contributed by atoms with Crippen LogP contribution in [-0.4, -0.2) is 49.0 Å². The van der Waals surface area contributed by atoms with Crippen molar-refractivity contribution in [2.24, 2.45) is 5.92 Å². The number of carbonyl (C=O) groups excluding carboxylic acids is 3. The molecule has 0 aromatic carbocycles. The molecule has 1 aliphatic carbocycles. The minimum absolute atomic E-state index is 0.244. The molecule has 0 saturated heterocycles. The van der Waals surface area contributed by atoms with Gasteiger partial charge < -0.3 is 15.4 Å². The van der Waals surface area contributed by atoms with E-state index in [9.17, 15) is 14.4 Å². The van der Waals surface area contributed by atoms with Gasteiger partial charge in [0.1, 0.15) is 12.1 Å². The second kappa shape index (κ2) is 9.30. The van der Waals surface area contributed by atoms with Gasteiger partial charge >= 0.3 is 5.97 Å². The molecule has 0 radical (unpaired) electrons. The van der Waals surface area contributed by atoms with Crippen molar-refractivity contribution in [3.8, 4) is 0 Å². The normalized spacial score (nSPS) is 16.1. The van der Waals surface area contributed by atoms with Crippen LogP contribution in [0, 0.1) is 5.92 Å². The quantitative estimate of drug-likeness (QED) is 0.640. The molecule has 0 unspecified atom stereocenters. The first-order valence-electron chi connectivity index (χ1n) is 7.02. The number of carbonyl (C=O) groups is 3. The van der Waals surface area contributed by atoms with Crippen LogP contribution in [0.3, 0.4) is 0 Å². The second-order valence-electron chi connectivity index (χ2n) is 4.89. The van der Waals surface area contributed by atoms with Crippen molar-refractivity contribution in [3.05, 3.63) is 24.3 Å². The zero-order valence-corrected chi connectivity index (χ0v) is 13.8. The second-order valence-corrected chi connectivity index (χ2v) is 5.88. The van der Waals surface area contributed by atoms with E-state index in [-0.39, 0.29) is 11.8 Å². The lowest BCUT2D eigenvalue weighted by atomic mass is 10.1. The Morgan fingerprint density at radius 2 is 1.86 bits per heavy atom. The highest BCUT2D eigenvalue weighted by Crippen LogP contribution is 2.09. The molecule has 0 heterocycles. The van der Waals surface area contributed by atoms with Crippen molar-refractivity contribution in [2.75, 3.05) is 19.1 Å². The Kier molecular flexibility index (Phi) is 7.73. The maximum absolute atomic E-state index is 12.1. The Morgan fingerprint density at radius 1 is 1.23 bits per heavy atom. The summed E-state index contributed by atoms with van der Waals surface area (Å²) in [5.74, 6) is -0.758. The number of allylic oxidation sites excluding steroid dienone is 2. The fourth-order valence-electron chi connectivity index (χ4n) is 1.91. The summed E-state index contributed by atoms with van der Waals surface area (Å²) >= 11 is 1.58. The van der Waals surface area contributed by atoms with Gasteiger partial charge in [0.2, 0.25) is 11.8 Å². The fourth-order valence-corrected chi connectivity index (χ4v) is 2.38. The van der Waals surface area contributed by atoms with Gasteiger partial charge in [-0.3, -0.25) is 9.59 Å². The van der Waals surface area contributed by atoms with Gasteiger partial charge in [0.25, 0.3) is 0 Å². The topological polar surface area (TPSA) is 84.5 Å². The van der Waals surface area contributed by atoms with Crippen LogP contribution in [0.1, 0.15) is 13.3 Å². The third-order valence-electron chi connectivity index (χ3n) is 3.22. The molecule has 0 spiro atoms. The Bertz CT molecular complexity index is 464. The Morgan fingerprint density at radius 3 is 2.41 bits per heavy atom. The van der Waals surface area contributed by atoms with Crippen LogP contribution in [0.2, 0.25) is 0 Å². The fraction of sp³-hybridized carbons (Fsp3) is 0.533. The van der Waals surface area contributed by atoms with Gasteiger partial charge in [0.15, 0.2) is 0 Å². The first-order chi connectivity index (χ1) is 10.5. The van der Waals surface area contributed by atoms with Crippen LogP contribution in [0.5, 0.6) is 0 Å². The largest absolute Gasteiger partial charge is 0.467 e. The summed E-state index contributed by atoms with van der Waals surface area (Å²) in [6, 6.07) is -1.42. The van der Waals surface area contributed by atoms with Gasteiger partial charge in [0.05, 0.1) is 13.0 Å². The Hall–Kier alpha value is -1.76. The van der Waals surface area contributed by atoms with E-state index in [1.54, 1.807) is 43.0 Å². The lowest BCUT2D eigenvalue weighted by molar-refractivity contribution is -0.145. The minimum Gasteiger partial charge on any atom is -0.467 e. The van der Waals surface area contributed by atoms with Gasteiger partial charge in [0, 0.05) is 0 Å². The number of methoxy groups -OCH3 is 1. The highest BCUT2D eigenvalue weighted by atomic mass is 32.2. The van der Waals surface area contributed by atoms with E-state index in [0.717, 1.165) is 5.75 Å². The van der Waals surface area contributed by atoms with E-state index in [1.807, 2.05) is 6.26 Å². The summed E-state index contributed by atoms with van der Waals surface area (Å²) in [4.78, 5) is 35.7. The van der Waals surface area contributed by atoms with E-state index < -0.39 is 24.0 Å². The zero-order valence-electron chi connectivity index (χ0n) is 13.0. The molecule has 22 heavy (non-hydrogen) atoms. The molecule has 0 aromatic rings. The monoisotopic (exact) mass is 326 g/mol. The van der Waals surface area contributed by atoms with Gasteiger partial charge in [-0.05, 0) is 25.4 Å². The molecule has 0 aromatic heterocycles. The van der Waals surface area contributed by atoms with Crippen LogP contribution in [0.4, 0.5) is 0 Å². The maximum atomic E-state index is 12.1. The van der Waals surface area contributed by atoms with E-state index in [1.165, 1.54) is 7.11 Å². The summed E-state index contributed by atoms with van der Waals surface area (Å²) in [7, 11) is 1.28. The molecule has 0 aliphatic heterocycles. The lowest BCUT2D eigenvalue weighted by Gasteiger charge is -2.20. The van der Waals surface area contributed by atoms with Gasteiger partial charge in [-0.25, -0.2) is 4.79 Å². The standard InChI is InChI=1S/C15H22N2O4S/c1-10(16-14(19)11-6-4-5-7-11)13(18)17-12(8-9-22-3)15(20)21-2/h4-7,10-12H,8-9H2,1-3H3,(H,16,19)(H,17,18)/t10-,12-/m0/s1. The number of hydrogen-bond donors (Lipinski definition) is 2. The third-order valence-corrected chi connectivity index (χ3v) is 3.86. The average molecular weight is 326 g/mol. The van der Waals surface area contributed by atoms with Gasteiger partial charge in [-0.15, -0.1) is 0 Å². The molecule has 1 rings (SSSR count). The summed E-state index contributed by atoms with van der Waals surface area (Å²) < 4.78 is 4.68. The van der Waals surface area contributed by atoms with Gasteiger partial charge in [-0.2, -0.15) is 11.8 Å². The smallest absolute Gasteiger partial charge is 0.328 e. The number of nitrogens with one attached hydrogen (secondary N) is 2. The van der Waals surface area contributed by atoms with Crippen LogP contribution in [0.15, 0.2) is 24.3 Å². The Labute approximate surface area is 134 Å². The predicted molar refractivity (Wildman–Crippen MR) is 86.3 cm³/mol. The average Bonchev–Trinajstić information content (AvgIpc) is 3.04. The Balaban J connectivity index is 2.52. The molecule has 0 bridgehead atoms. The number of ether oxygens (including phenoxy) is 1. The van der Waals surface area contributed by atoms with Crippen molar-refractivity contribution in [1.82, 2.24) is 10.6 Å². The highest BCUT2D eigenvalue weighted by molar-refractivity contribution is 7.98. The van der Waals surface area contributed by atoms with Crippen LogP contribution in [-0.2, 0) is 19.1 Å². The summed E-state index contributed by atoms with van der Waals surface area (Å²) in [5.41, 5.74) is 0. The van der Waals surface area contributed by atoms with Crippen molar-refractivity contribution in [3.63, 3.8) is 0 Å². The number of rotatable bonds is 8. The molecule has 2 atom stereocenters. The highest BCUT2D eigenvalue weighted by Gasteiger charge is 2.25. The minimum atomic E-state index is -0.726. The number of esters is 1. The van der Waals surface area contributed by atoms with Crippen molar-refractivity contribution >= 4 is 29.5 Å². The first-order valence-corrected chi connectivity index (χ1v) is 8.41. The lowest BCUT2D eigenvalue weighted by Crippen LogP contribution is -2.51. The van der Waals surface area contributed by atoms with E-state index in [2.05, 4.69) is 15.4 Å². The van der Waals surface area contributed by atoms with Crippen molar-refractivity contribution in [1.29, 1.82) is 0 Å². The zero-order chi connectivity index (χ0) is 16.5. The molecule has 122 valence electrons. The molecular formula is C15H22N2O4S. The molecule has 2 amide bonds. The number of hydrogen-bond acceptors (Lipinski definition) is 5. The molecule has 0 saturated carbocycles. The van der Waals surface area contributed by atoms with Crippen LogP contribution >= 0.6 is 11.8 Å². The molecule has 1 aliphatic rings. The third kappa shape index (κ3) is 5.55. The molecule has 2 N–H and O–H groups in total. The summed E-state index contributed by atoms with van der Waals surface area (Å²) in [5, 5.41) is 5.25. The molecular weight excluding hydrogens is 304 g/mol. The van der Waals surface area contributed by atoms with Crippen molar-refractivity contribution in [2.45, 2.75) is 25.4 Å². The van der Waals surface area contributed by atoms with Crippen LogP contribution in [0.25, 0.3) is 0 Å². The first kappa shape index (κ1) is 18.3. The van der Waals surface area contributed by atoms with Crippen LogP contribution < -0.4 is 10.6 Å². The van der Waals surface area contributed by atoms with E-state index >= 15 is 0 Å². The molecule has 7 heteroatoms. The van der Waals surface area contributed by atoms with E-state index in [0.29, 0.717) is 6.42 Å². The molecule has 6 nitrogen and oxygen atoms in total. The predicted octanol–water partition coefficient (Wildman–Crippen LogP) is 0.644. The van der Waals surface area contributed by atoms with Gasteiger partial charge in [-0.1, -0.05) is 24.3 Å². The summed E-state index contributed by atoms with van der Waals surface area (Å²) in [6.07, 6.45) is 9.46. The maximum Gasteiger partial charge on any atom is 0.328 e. The van der Waals surface area contributed by atoms with Crippen molar-refractivity contribution < 1.29 is 19.1 Å².